The smallest absolute Gasteiger partial charge is 0.191 e. The standard InChI is InChI=1S/C14H25N3O3/c1-4-15-13(16-8-10-19-5-2)17-11-14(3,18)12-7-6-9-20-12/h6-7,9,18H,4-5,8,10-11H2,1-3H3,(H2,15,16,17). The van der Waals surface area contributed by atoms with Crippen molar-refractivity contribution in [3.8, 4) is 0 Å². The molecule has 3 N–H and O–H groups in total. The average Bonchev–Trinajstić information content (AvgIpc) is 2.95. The molecule has 0 aliphatic heterocycles. The van der Waals surface area contributed by atoms with E-state index in [1.54, 1.807) is 25.3 Å². The fraction of sp³-hybridized carbons (Fsp3) is 0.643. The number of nitrogens with one attached hydrogen (secondary N) is 2. The summed E-state index contributed by atoms with van der Waals surface area (Å²) in [4.78, 5) is 4.37. The van der Waals surface area contributed by atoms with Crippen LogP contribution in [0.3, 0.4) is 0 Å². The molecule has 1 aromatic rings. The molecule has 20 heavy (non-hydrogen) atoms. The summed E-state index contributed by atoms with van der Waals surface area (Å²) in [5.41, 5.74) is -1.12. The van der Waals surface area contributed by atoms with Crippen molar-refractivity contribution in [3.63, 3.8) is 0 Å². The largest absolute Gasteiger partial charge is 0.466 e. The van der Waals surface area contributed by atoms with Crippen molar-refractivity contribution in [1.29, 1.82) is 0 Å². The van der Waals surface area contributed by atoms with Crippen molar-refractivity contribution < 1.29 is 14.3 Å². The Kier molecular flexibility index (Phi) is 7.11. The molecular weight excluding hydrogens is 258 g/mol. The first-order valence-corrected chi connectivity index (χ1v) is 6.96. The molecule has 0 aromatic carbocycles. The van der Waals surface area contributed by atoms with Crippen molar-refractivity contribution in [2.45, 2.75) is 26.4 Å². The summed E-state index contributed by atoms with van der Waals surface area (Å²) in [5.74, 6) is 1.16. The molecule has 1 rings (SSSR count). The van der Waals surface area contributed by atoms with Gasteiger partial charge in [0.1, 0.15) is 11.4 Å². The van der Waals surface area contributed by atoms with Crippen molar-refractivity contribution in [2.75, 3.05) is 32.8 Å². The van der Waals surface area contributed by atoms with Gasteiger partial charge in [-0.2, -0.15) is 0 Å². The van der Waals surface area contributed by atoms with E-state index in [1.165, 1.54) is 0 Å². The highest BCUT2D eigenvalue weighted by Gasteiger charge is 2.25. The van der Waals surface area contributed by atoms with Gasteiger partial charge >= 0.3 is 0 Å². The van der Waals surface area contributed by atoms with Gasteiger partial charge in [0, 0.05) is 19.7 Å². The molecule has 1 heterocycles. The van der Waals surface area contributed by atoms with E-state index in [0.29, 0.717) is 31.5 Å². The minimum atomic E-state index is -1.12. The number of rotatable bonds is 8. The predicted octanol–water partition coefficient (Wildman–Crippen LogP) is 1.08. The van der Waals surface area contributed by atoms with Crippen LogP contribution in [0.5, 0.6) is 0 Å². The second kappa shape index (κ2) is 8.60. The topological polar surface area (TPSA) is 79.0 Å². The van der Waals surface area contributed by atoms with E-state index >= 15 is 0 Å². The van der Waals surface area contributed by atoms with Gasteiger partial charge in [0.2, 0.25) is 0 Å². The Bertz CT molecular complexity index is 388. The first kappa shape index (κ1) is 16.5. The summed E-state index contributed by atoms with van der Waals surface area (Å²) < 4.78 is 10.5. The van der Waals surface area contributed by atoms with Gasteiger partial charge < -0.3 is 24.9 Å². The summed E-state index contributed by atoms with van der Waals surface area (Å²) in [6, 6.07) is 3.49. The Hall–Kier alpha value is -1.53. The second-order valence-corrected chi connectivity index (χ2v) is 4.57. The number of aliphatic imine (C=N–C) groups is 1. The summed E-state index contributed by atoms with van der Waals surface area (Å²) in [7, 11) is 0. The Balaban J connectivity index is 2.53. The third kappa shape index (κ3) is 5.63. The molecular formula is C14H25N3O3. The van der Waals surface area contributed by atoms with Crippen molar-refractivity contribution >= 4 is 5.96 Å². The van der Waals surface area contributed by atoms with Crippen molar-refractivity contribution in [3.05, 3.63) is 24.2 Å². The molecule has 1 unspecified atom stereocenters. The Morgan fingerprint density at radius 2 is 2.25 bits per heavy atom. The first-order valence-electron chi connectivity index (χ1n) is 6.96. The van der Waals surface area contributed by atoms with Crippen LogP contribution < -0.4 is 10.6 Å². The molecule has 0 spiro atoms. The molecule has 6 nitrogen and oxygen atoms in total. The first-order chi connectivity index (χ1) is 9.60. The average molecular weight is 283 g/mol. The van der Waals surface area contributed by atoms with E-state index in [4.69, 9.17) is 9.15 Å². The van der Waals surface area contributed by atoms with Crippen LogP contribution in [0.2, 0.25) is 0 Å². The normalized spacial score (nSPS) is 14.9. The molecule has 0 bridgehead atoms. The molecule has 0 amide bonds. The maximum absolute atomic E-state index is 10.3. The maximum atomic E-state index is 10.3. The Labute approximate surface area is 120 Å². The molecule has 0 aliphatic carbocycles. The van der Waals surface area contributed by atoms with Crippen LogP contribution in [0.15, 0.2) is 27.8 Å². The molecule has 0 saturated carbocycles. The molecule has 114 valence electrons. The fourth-order valence-corrected chi connectivity index (χ4v) is 1.62. The molecule has 0 fully saturated rings. The molecule has 1 aromatic heterocycles. The van der Waals surface area contributed by atoms with Gasteiger partial charge in [0.25, 0.3) is 0 Å². The molecule has 0 saturated heterocycles. The number of furan rings is 1. The number of guanidine groups is 1. The minimum absolute atomic E-state index is 0.213. The Morgan fingerprint density at radius 1 is 1.45 bits per heavy atom. The van der Waals surface area contributed by atoms with Crippen LogP contribution in [0.4, 0.5) is 0 Å². The van der Waals surface area contributed by atoms with Crippen LogP contribution in [0.25, 0.3) is 0 Å². The van der Waals surface area contributed by atoms with E-state index in [9.17, 15) is 5.11 Å². The number of aliphatic hydroxyl groups is 1. The summed E-state index contributed by atoms with van der Waals surface area (Å²) >= 11 is 0. The number of hydrogen-bond donors (Lipinski definition) is 3. The zero-order valence-electron chi connectivity index (χ0n) is 12.5. The quantitative estimate of drug-likeness (QED) is 0.378. The van der Waals surface area contributed by atoms with Crippen LogP contribution in [-0.2, 0) is 10.3 Å². The molecule has 6 heteroatoms. The lowest BCUT2D eigenvalue weighted by Crippen LogP contribution is -2.40. The highest BCUT2D eigenvalue weighted by Crippen LogP contribution is 2.20. The molecule has 1 atom stereocenters. The maximum Gasteiger partial charge on any atom is 0.191 e. The Morgan fingerprint density at radius 3 is 2.85 bits per heavy atom. The van der Waals surface area contributed by atoms with E-state index in [-0.39, 0.29) is 6.54 Å². The van der Waals surface area contributed by atoms with Gasteiger partial charge in [-0.05, 0) is 32.9 Å². The van der Waals surface area contributed by atoms with Gasteiger partial charge in [0.05, 0.1) is 19.4 Å². The van der Waals surface area contributed by atoms with Crippen LogP contribution in [0, 0.1) is 0 Å². The van der Waals surface area contributed by atoms with Crippen LogP contribution >= 0.6 is 0 Å². The van der Waals surface area contributed by atoms with Crippen molar-refractivity contribution in [1.82, 2.24) is 10.6 Å². The highest BCUT2D eigenvalue weighted by molar-refractivity contribution is 5.79. The highest BCUT2D eigenvalue weighted by atomic mass is 16.5. The fourth-order valence-electron chi connectivity index (χ4n) is 1.62. The monoisotopic (exact) mass is 283 g/mol. The van der Waals surface area contributed by atoms with Gasteiger partial charge in [-0.1, -0.05) is 0 Å². The lowest BCUT2D eigenvalue weighted by atomic mass is 10.0. The predicted molar refractivity (Wildman–Crippen MR) is 78.8 cm³/mol. The van der Waals surface area contributed by atoms with Crippen molar-refractivity contribution in [2.24, 2.45) is 4.99 Å². The SMILES string of the molecule is CCNC(=NCC(C)(O)c1ccco1)NCCOCC. The van der Waals surface area contributed by atoms with E-state index in [0.717, 1.165) is 6.54 Å². The summed E-state index contributed by atoms with van der Waals surface area (Å²) in [6.45, 7) is 8.58. The number of hydrogen-bond acceptors (Lipinski definition) is 4. The lowest BCUT2D eigenvalue weighted by Gasteiger charge is -2.19. The molecule has 0 aliphatic rings. The van der Waals surface area contributed by atoms with Gasteiger partial charge in [-0.25, -0.2) is 4.99 Å². The summed E-state index contributed by atoms with van der Waals surface area (Å²) in [5, 5.41) is 16.6. The van der Waals surface area contributed by atoms with Gasteiger partial charge in [-0.15, -0.1) is 0 Å². The number of nitrogens with zero attached hydrogens (tertiary/aromatic N) is 1. The third-order valence-corrected chi connectivity index (χ3v) is 2.68. The second-order valence-electron chi connectivity index (χ2n) is 4.57. The van der Waals surface area contributed by atoms with Gasteiger partial charge in [-0.3, -0.25) is 0 Å². The lowest BCUT2D eigenvalue weighted by molar-refractivity contribution is 0.0437. The molecule has 0 radical (unpaired) electrons. The third-order valence-electron chi connectivity index (χ3n) is 2.68. The van der Waals surface area contributed by atoms with Crippen LogP contribution in [-0.4, -0.2) is 43.9 Å². The number of ether oxygens (including phenoxy) is 1. The zero-order chi connectivity index (χ0) is 14.8. The van der Waals surface area contributed by atoms with Crippen LogP contribution in [0.1, 0.15) is 26.5 Å². The van der Waals surface area contributed by atoms with E-state index in [2.05, 4.69) is 15.6 Å². The summed E-state index contributed by atoms with van der Waals surface area (Å²) in [6.07, 6.45) is 1.54. The zero-order valence-corrected chi connectivity index (χ0v) is 12.5. The van der Waals surface area contributed by atoms with E-state index < -0.39 is 5.60 Å². The minimum Gasteiger partial charge on any atom is -0.466 e. The van der Waals surface area contributed by atoms with E-state index in [1.807, 2.05) is 13.8 Å². The van der Waals surface area contributed by atoms with Gasteiger partial charge in [0.15, 0.2) is 5.96 Å².